The second kappa shape index (κ2) is 7.26. The molecule has 0 saturated heterocycles. The van der Waals surface area contributed by atoms with Crippen molar-refractivity contribution in [2.24, 2.45) is 7.05 Å². The number of carbonyl (C=O) groups excluding carboxylic acids is 1. The van der Waals surface area contributed by atoms with Gasteiger partial charge in [-0.2, -0.15) is 4.98 Å². The van der Waals surface area contributed by atoms with Gasteiger partial charge in [0.25, 0.3) is 5.56 Å². The fraction of sp³-hybridized carbons (Fsp3) is 0.364. The van der Waals surface area contributed by atoms with Crippen molar-refractivity contribution < 1.29 is 9.53 Å². The second-order valence-corrected chi connectivity index (χ2v) is 7.63. The lowest BCUT2D eigenvalue weighted by atomic mass is 10.2. The summed E-state index contributed by atoms with van der Waals surface area (Å²) in [6.45, 7) is 9.17. The lowest BCUT2D eigenvalue weighted by Crippen LogP contribution is -2.42. The minimum atomic E-state index is -0.872. The van der Waals surface area contributed by atoms with Gasteiger partial charge >= 0.3 is 5.69 Å². The van der Waals surface area contributed by atoms with Gasteiger partial charge in [0.15, 0.2) is 16.9 Å². The maximum atomic E-state index is 13.4. The zero-order valence-electron chi connectivity index (χ0n) is 18.5. The number of rotatable bonds is 5. The van der Waals surface area contributed by atoms with E-state index in [0.717, 1.165) is 21.6 Å². The number of hydrogen-bond donors (Lipinski definition) is 0. The average Bonchev–Trinajstić information content (AvgIpc) is 3.23. The number of carbonyl (C=O) groups is 1. The summed E-state index contributed by atoms with van der Waals surface area (Å²) in [5.41, 5.74) is 1.90. The van der Waals surface area contributed by atoms with Gasteiger partial charge in [0.1, 0.15) is 5.75 Å². The highest BCUT2D eigenvalue weighted by molar-refractivity contribution is 5.81. The number of ether oxygens (including phenoxy) is 1. The first kappa shape index (κ1) is 20.6. The van der Waals surface area contributed by atoms with Gasteiger partial charge in [-0.1, -0.05) is 12.1 Å². The molecule has 0 radical (unpaired) electrons. The number of fused-ring (bicyclic) bond motifs is 3. The molecule has 162 valence electrons. The Morgan fingerprint density at radius 1 is 1.16 bits per heavy atom. The van der Waals surface area contributed by atoms with Gasteiger partial charge in [0.05, 0.1) is 18.3 Å². The van der Waals surface area contributed by atoms with Gasteiger partial charge < -0.3 is 4.74 Å². The summed E-state index contributed by atoms with van der Waals surface area (Å²) in [7, 11) is 1.56. The van der Waals surface area contributed by atoms with Crippen LogP contribution >= 0.6 is 0 Å². The fourth-order valence-electron chi connectivity index (χ4n) is 3.95. The molecule has 1 unspecified atom stereocenters. The largest absolute Gasteiger partial charge is 0.492 e. The van der Waals surface area contributed by atoms with Crippen LogP contribution in [0.5, 0.6) is 5.75 Å². The van der Waals surface area contributed by atoms with Crippen LogP contribution in [0.1, 0.15) is 38.2 Å². The molecular weight excluding hydrogens is 398 g/mol. The number of aromatic nitrogens is 5. The molecule has 0 N–H and O–H groups in total. The number of nitrogens with zero attached hydrogens (tertiary/aromatic N) is 5. The van der Waals surface area contributed by atoms with Crippen LogP contribution in [0.25, 0.3) is 22.6 Å². The van der Waals surface area contributed by atoms with Crippen LogP contribution in [-0.2, 0) is 11.8 Å². The average molecular weight is 423 g/mol. The van der Waals surface area contributed by atoms with Crippen molar-refractivity contribution in [2.75, 3.05) is 6.61 Å². The quantitative estimate of drug-likeness (QED) is 0.491. The molecule has 0 spiro atoms. The van der Waals surface area contributed by atoms with Crippen molar-refractivity contribution in [3.63, 3.8) is 0 Å². The Labute approximate surface area is 178 Å². The van der Waals surface area contributed by atoms with Crippen molar-refractivity contribution in [1.82, 2.24) is 23.1 Å². The first-order valence-corrected chi connectivity index (χ1v) is 10.1. The molecule has 0 aliphatic carbocycles. The molecule has 0 bridgehead atoms. The molecule has 3 aromatic heterocycles. The third kappa shape index (κ3) is 2.83. The van der Waals surface area contributed by atoms with Gasteiger partial charge in [0, 0.05) is 18.4 Å². The predicted octanol–water partition coefficient (Wildman–Crippen LogP) is 2.30. The van der Waals surface area contributed by atoms with Crippen LogP contribution in [0.2, 0.25) is 0 Å². The van der Waals surface area contributed by atoms with E-state index in [1.807, 2.05) is 49.6 Å². The highest BCUT2D eigenvalue weighted by Gasteiger charge is 2.26. The molecule has 3 heterocycles. The third-order valence-electron chi connectivity index (χ3n) is 5.85. The first-order chi connectivity index (χ1) is 14.7. The van der Waals surface area contributed by atoms with Gasteiger partial charge in [-0.3, -0.25) is 23.1 Å². The summed E-state index contributed by atoms with van der Waals surface area (Å²) in [6.07, 6.45) is 0. The van der Waals surface area contributed by atoms with Gasteiger partial charge in [-0.15, -0.1) is 0 Å². The first-order valence-electron chi connectivity index (χ1n) is 10.1. The van der Waals surface area contributed by atoms with E-state index in [1.165, 1.54) is 11.5 Å². The molecule has 1 aromatic carbocycles. The molecule has 0 saturated carbocycles. The topological polar surface area (TPSA) is 92.5 Å². The van der Waals surface area contributed by atoms with E-state index in [-0.39, 0.29) is 16.9 Å². The monoisotopic (exact) mass is 423 g/mol. The highest BCUT2D eigenvalue weighted by Crippen LogP contribution is 2.30. The van der Waals surface area contributed by atoms with Gasteiger partial charge in [-0.05, 0) is 46.8 Å². The van der Waals surface area contributed by atoms with E-state index in [4.69, 9.17) is 4.74 Å². The molecule has 0 aliphatic heterocycles. The summed E-state index contributed by atoms with van der Waals surface area (Å²) in [4.78, 5) is 42.9. The summed E-state index contributed by atoms with van der Waals surface area (Å²) >= 11 is 0. The van der Waals surface area contributed by atoms with Crippen molar-refractivity contribution in [1.29, 1.82) is 0 Å². The Balaban J connectivity index is 2.18. The van der Waals surface area contributed by atoms with Crippen molar-refractivity contribution in [3.05, 3.63) is 56.5 Å². The van der Waals surface area contributed by atoms with Crippen molar-refractivity contribution >= 4 is 22.7 Å². The predicted molar refractivity (Wildman–Crippen MR) is 118 cm³/mol. The maximum Gasteiger partial charge on any atom is 0.333 e. The van der Waals surface area contributed by atoms with Gasteiger partial charge in [0.2, 0.25) is 5.78 Å². The van der Waals surface area contributed by atoms with Crippen LogP contribution in [0.3, 0.4) is 0 Å². The molecule has 0 fully saturated rings. The number of hydrogen-bond acceptors (Lipinski definition) is 5. The highest BCUT2D eigenvalue weighted by atomic mass is 16.5. The Morgan fingerprint density at radius 2 is 1.84 bits per heavy atom. The Bertz CT molecular complexity index is 1470. The number of Topliss-reactive ketones (excluding diaryl/α,β-unsaturated/α-hetero) is 1. The number of aryl methyl sites for hydroxylation is 2. The lowest BCUT2D eigenvalue weighted by molar-refractivity contribution is -0.119. The van der Waals surface area contributed by atoms with E-state index in [9.17, 15) is 14.4 Å². The van der Waals surface area contributed by atoms with Crippen LogP contribution in [-0.4, -0.2) is 35.5 Å². The third-order valence-corrected chi connectivity index (χ3v) is 5.85. The van der Waals surface area contributed by atoms with E-state index >= 15 is 0 Å². The summed E-state index contributed by atoms with van der Waals surface area (Å²) in [5, 5.41) is 0. The number of ketones is 1. The van der Waals surface area contributed by atoms with Crippen LogP contribution in [0, 0.1) is 13.8 Å². The Kier molecular flexibility index (Phi) is 4.83. The van der Waals surface area contributed by atoms with Crippen molar-refractivity contribution in [3.8, 4) is 11.4 Å². The molecular formula is C22H25N5O4. The Hall–Kier alpha value is -3.62. The molecule has 9 heteroatoms. The fourth-order valence-corrected chi connectivity index (χ4v) is 3.95. The zero-order chi connectivity index (χ0) is 22.6. The van der Waals surface area contributed by atoms with E-state index in [2.05, 4.69) is 4.98 Å². The maximum absolute atomic E-state index is 13.4. The van der Waals surface area contributed by atoms with E-state index < -0.39 is 17.3 Å². The molecule has 31 heavy (non-hydrogen) atoms. The summed E-state index contributed by atoms with van der Waals surface area (Å²) in [6, 6.07) is 6.73. The van der Waals surface area contributed by atoms with E-state index in [0.29, 0.717) is 18.1 Å². The standard InChI is InChI=1S/C22H25N5O4/c1-7-31-17-11-9-8-10-16(17)25-12(2)13(3)26-18-19(23-21(25)26)24(6)22(30)27(20(18)29)14(4)15(5)28/h8-11,14H,7H2,1-6H3. The molecule has 4 rings (SSSR count). The van der Waals surface area contributed by atoms with Crippen LogP contribution < -0.4 is 16.0 Å². The second-order valence-electron chi connectivity index (χ2n) is 7.63. The number of imidazole rings is 2. The molecule has 4 aromatic rings. The minimum Gasteiger partial charge on any atom is -0.492 e. The molecule has 9 nitrogen and oxygen atoms in total. The summed E-state index contributed by atoms with van der Waals surface area (Å²) in [5.74, 6) is 0.919. The molecule has 1 atom stereocenters. The minimum absolute atomic E-state index is 0.262. The molecule has 0 aliphatic rings. The van der Waals surface area contributed by atoms with E-state index in [1.54, 1.807) is 18.4 Å². The SMILES string of the molecule is CCOc1ccccc1-n1c(C)c(C)n2c3c(=O)n(C(C)C(C)=O)c(=O)n(C)c3nc12. The van der Waals surface area contributed by atoms with Crippen molar-refractivity contribution in [2.45, 2.75) is 40.7 Å². The van der Waals surface area contributed by atoms with Crippen LogP contribution in [0.15, 0.2) is 33.9 Å². The summed E-state index contributed by atoms with van der Waals surface area (Å²) < 4.78 is 11.8. The molecule has 0 amide bonds. The lowest BCUT2D eigenvalue weighted by Gasteiger charge is -2.13. The Morgan fingerprint density at radius 3 is 2.48 bits per heavy atom. The number of para-hydroxylation sites is 2. The normalized spacial score (nSPS) is 12.6. The van der Waals surface area contributed by atoms with Gasteiger partial charge in [-0.25, -0.2) is 9.36 Å². The number of benzene rings is 1. The van der Waals surface area contributed by atoms with Crippen LogP contribution in [0.4, 0.5) is 0 Å². The zero-order valence-corrected chi connectivity index (χ0v) is 18.5. The smallest absolute Gasteiger partial charge is 0.333 e.